The summed E-state index contributed by atoms with van der Waals surface area (Å²) in [5.41, 5.74) is 2.81. The molecule has 0 unspecified atom stereocenters. The summed E-state index contributed by atoms with van der Waals surface area (Å²) < 4.78 is 5.92. The Morgan fingerprint density at radius 3 is 2.95 bits per heavy atom. The molecule has 4 nitrogen and oxygen atoms in total. The van der Waals surface area contributed by atoms with Crippen molar-refractivity contribution in [2.45, 2.75) is 45.8 Å². The summed E-state index contributed by atoms with van der Waals surface area (Å²) in [5, 5.41) is 0. The molecular weight excluding hydrogens is 240 g/mol. The van der Waals surface area contributed by atoms with Gasteiger partial charge in [-0.3, -0.25) is 4.79 Å². The average molecular weight is 262 g/mol. The van der Waals surface area contributed by atoms with Gasteiger partial charge in [-0.05, 0) is 45.6 Å². The van der Waals surface area contributed by atoms with Crippen LogP contribution < -0.4 is 0 Å². The van der Waals surface area contributed by atoms with E-state index in [0.29, 0.717) is 12.0 Å². The zero-order valence-electron chi connectivity index (χ0n) is 11.9. The topological polar surface area (TPSA) is 45.3 Å². The van der Waals surface area contributed by atoms with E-state index in [2.05, 4.69) is 11.9 Å². The van der Waals surface area contributed by atoms with Crippen LogP contribution in [0.5, 0.6) is 0 Å². The monoisotopic (exact) mass is 262 g/mol. The van der Waals surface area contributed by atoms with Gasteiger partial charge in [-0.25, -0.2) is 0 Å². The van der Waals surface area contributed by atoms with Crippen LogP contribution in [0.15, 0.2) is 6.07 Å². The predicted octanol–water partition coefficient (Wildman–Crippen LogP) is 2.27. The number of amides is 1. The SMILES string of the molecule is Cc1cc(C(=O)N2CC[C@H]3C[C@@H](C)O[C@@H]3C2)c(C)[nH]1. The lowest BCUT2D eigenvalue weighted by molar-refractivity contribution is 0.00154. The summed E-state index contributed by atoms with van der Waals surface area (Å²) in [6, 6.07) is 1.95. The number of aryl methyl sites for hydroxylation is 2. The van der Waals surface area contributed by atoms with Crippen LogP contribution in [0.3, 0.4) is 0 Å². The average Bonchev–Trinajstić information content (AvgIpc) is 2.88. The van der Waals surface area contributed by atoms with E-state index in [4.69, 9.17) is 4.74 Å². The molecule has 2 aliphatic rings. The van der Waals surface area contributed by atoms with Crippen molar-refractivity contribution in [3.05, 3.63) is 23.0 Å². The molecule has 0 aromatic carbocycles. The van der Waals surface area contributed by atoms with E-state index < -0.39 is 0 Å². The fraction of sp³-hybridized carbons (Fsp3) is 0.667. The number of likely N-dealkylation sites (tertiary alicyclic amines) is 1. The fourth-order valence-electron chi connectivity index (χ4n) is 3.47. The summed E-state index contributed by atoms with van der Waals surface area (Å²) >= 11 is 0. The normalized spacial score (nSPS) is 30.5. The molecule has 4 heteroatoms. The zero-order valence-corrected chi connectivity index (χ0v) is 11.9. The van der Waals surface area contributed by atoms with Crippen LogP contribution in [0.2, 0.25) is 0 Å². The highest BCUT2D eigenvalue weighted by Gasteiger charge is 2.38. The van der Waals surface area contributed by atoms with Gasteiger partial charge in [-0.2, -0.15) is 0 Å². The van der Waals surface area contributed by atoms with E-state index in [1.54, 1.807) is 0 Å². The molecule has 3 atom stereocenters. The Morgan fingerprint density at radius 1 is 1.47 bits per heavy atom. The highest BCUT2D eigenvalue weighted by molar-refractivity contribution is 5.95. The Kier molecular flexibility index (Phi) is 3.13. The number of carbonyl (C=O) groups excluding carboxylic acids is 1. The first kappa shape index (κ1) is 12.7. The molecule has 1 N–H and O–H groups in total. The molecule has 0 bridgehead atoms. The van der Waals surface area contributed by atoms with Crippen LogP contribution in [0.25, 0.3) is 0 Å². The summed E-state index contributed by atoms with van der Waals surface area (Å²) in [6.07, 6.45) is 2.81. The largest absolute Gasteiger partial charge is 0.373 e. The Balaban J connectivity index is 1.73. The fourth-order valence-corrected chi connectivity index (χ4v) is 3.47. The second kappa shape index (κ2) is 4.67. The third kappa shape index (κ3) is 2.29. The van der Waals surface area contributed by atoms with Gasteiger partial charge in [0.05, 0.1) is 17.8 Å². The number of H-pyrrole nitrogens is 1. The molecule has 0 saturated carbocycles. The summed E-state index contributed by atoms with van der Waals surface area (Å²) in [4.78, 5) is 17.7. The molecule has 1 amide bonds. The molecule has 0 radical (unpaired) electrons. The predicted molar refractivity (Wildman–Crippen MR) is 73.2 cm³/mol. The smallest absolute Gasteiger partial charge is 0.255 e. The van der Waals surface area contributed by atoms with Crippen LogP contribution in [-0.2, 0) is 4.74 Å². The standard InChI is InChI=1S/C15H22N2O2/c1-9-6-13(11(3)16-9)15(18)17-5-4-12-7-10(2)19-14(12)8-17/h6,10,12,14,16H,4-5,7-8H2,1-3H3/t10-,12+,14-/m1/s1. The van der Waals surface area contributed by atoms with E-state index >= 15 is 0 Å². The molecular formula is C15H22N2O2. The molecule has 0 spiro atoms. The van der Waals surface area contributed by atoms with Gasteiger partial charge in [0, 0.05) is 24.5 Å². The second-order valence-electron chi connectivity index (χ2n) is 6.01. The van der Waals surface area contributed by atoms with Gasteiger partial charge in [0.2, 0.25) is 0 Å². The number of ether oxygens (including phenoxy) is 1. The van der Waals surface area contributed by atoms with Gasteiger partial charge in [0.15, 0.2) is 0 Å². The molecule has 1 aromatic rings. The van der Waals surface area contributed by atoms with Crippen molar-refractivity contribution in [3.63, 3.8) is 0 Å². The van der Waals surface area contributed by atoms with E-state index in [9.17, 15) is 4.79 Å². The Bertz CT molecular complexity index is 494. The maximum Gasteiger partial charge on any atom is 0.255 e. The molecule has 0 aliphatic carbocycles. The van der Waals surface area contributed by atoms with Gasteiger partial charge in [-0.15, -0.1) is 0 Å². The van der Waals surface area contributed by atoms with E-state index in [-0.39, 0.29) is 12.0 Å². The number of piperidine rings is 1. The number of carbonyl (C=O) groups is 1. The van der Waals surface area contributed by atoms with Crippen molar-refractivity contribution in [3.8, 4) is 0 Å². The molecule has 3 heterocycles. The minimum Gasteiger partial charge on any atom is -0.373 e. The van der Waals surface area contributed by atoms with Crippen LogP contribution in [-0.4, -0.2) is 41.1 Å². The van der Waals surface area contributed by atoms with Crippen LogP contribution in [0.1, 0.15) is 41.5 Å². The van der Waals surface area contributed by atoms with Gasteiger partial charge < -0.3 is 14.6 Å². The van der Waals surface area contributed by atoms with Crippen molar-refractivity contribution in [1.29, 1.82) is 0 Å². The molecule has 2 saturated heterocycles. The lowest BCUT2D eigenvalue weighted by Crippen LogP contribution is -2.45. The minimum absolute atomic E-state index is 0.142. The highest BCUT2D eigenvalue weighted by Crippen LogP contribution is 2.33. The maximum atomic E-state index is 12.6. The number of hydrogen-bond acceptors (Lipinski definition) is 2. The third-order valence-electron chi connectivity index (χ3n) is 4.40. The van der Waals surface area contributed by atoms with Gasteiger partial charge in [0.25, 0.3) is 5.91 Å². The number of nitrogens with one attached hydrogen (secondary N) is 1. The maximum absolute atomic E-state index is 12.6. The lowest BCUT2D eigenvalue weighted by Gasteiger charge is -2.34. The number of fused-ring (bicyclic) bond motifs is 1. The van der Waals surface area contributed by atoms with Crippen LogP contribution in [0.4, 0.5) is 0 Å². The highest BCUT2D eigenvalue weighted by atomic mass is 16.5. The first-order valence-corrected chi connectivity index (χ1v) is 7.15. The van der Waals surface area contributed by atoms with Crippen molar-refractivity contribution >= 4 is 5.91 Å². The van der Waals surface area contributed by atoms with Crippen molar-refractivity contribution < 1.29 is 9.53 Å². The van der Waals surface area contributed by atoms with Crippen molar-refractivity contribution in [2.75, 3.05) is 13.1 Å². The van der Waals surface area contributed by atoms with E-state index in [1.165, 1.54) is 0 Å². The number of nitrogens with zero attached hydrogens (tertiary/aromatic N) is 1. The van der Waals surface area contributed by atoms with E-state index in [1.807, 2.05) is 24.8 Å². The van der Waals surface area contributed by atoms with Crippen molar-refractivity contribution in [2.24, 2.45) is 5.92 Å². The Morgan fingerprint density at radius 2 is 2.26 bits per heavy atom. The number of rotatable bonds is 1. The first-order valence-electron chi connectivity index (χ1n) is 7.15. The molecule has 2 fully saturated rings. The van der Waals surface area contributed by atoms with E-state index in [0.717, 1.165) is 42.9 Å². The lowest BCUT2D eigenvalue weighted by atomic mass is 9.92. The Labute approximate surface area is 114 Å². The summed E-state index contributed by atoms with van der Waals surface area (Å²) in [6.45, 7) is 7.68. The number of hydrogen-bond donors (Lipinski definition) is 1. The van der Waals surface area contributed by atoms with Crippen LogP contribution in [0, 0.1) is 19.8 Å². The first-order chi connectivity index (χ1) is 9.04. The molecule has 1 aromatic heterocycles. The van der Waals surface area contributed by atoms with Crippen LogP contribution >= 0.6 is 0 Å². The van der Waals surface area contributed by atoms with Gasteiger partial charge >= 0.3 is 0 Å². The Hall–Kier alpha value is -1.29. The summed E-state index contributed by atoms with van der Waals surface area (Å²) in [7, 11) is 0. The van der Waals surface area contributed by atoms with Gasteiger partial charge in [0.1, 0.15) is 0 Å². The number of aromatic nitrogens is 1. The number of aromatic amines is 1. The quantitative estimate of drug-likeness (QED) is 0.844. The molecule has 2 aliphatic heterocycles. The second-order valence-corrected chi connectivity index (χ2v) is 6.01. The van der Waals surface area contributed by atoms with Gasteiger partial charge in [-0.1, -0.05) is 0 Å². The minimum atomic E-state index is 0.142. The molecule has 3 rings (SSSR count). The molecule has 104 valence electrons. The summed E-state index contributed by atoms with van der Waals surface area (Å²) in [5.74, 6) is 0.788. The third-order valence-corrected chi connectivity index (χ3v) is 4.40. The molecule has 19 heavy (non-hydrogen) atoms. The zero-order chi connectivity index (χ0) is 13.6. The van der Waals surface area contributed by atoms with Crippen molar-refractivity contribution in [1.82, 2.24) is 9.88 Å².